The second-order valence-electron chi connectivity index (χ2n) is 5.32. The Kier molecular flexibility index (Phi) is 7.34. The quantitative estimate of drug-likeness (QED) is 0.435. The second kappa shape index (κ2) is 9.49. The van der Waals surface area contributed by atoms with Crippen molar-refractivity contribution in [2.24, 2.45) is 0 Å². The number of hydrogen-bond acceptors (Lipinski definition) is 4. The molecule has 1 amide bonds. The number of nitrogens with one attached hydrogen (secondary N) is 1. The average Bonchev–Trinajstić information content (AvgIpc) is 2.61. The molecule has 0 heterocycles. The summed E-state index contributed by atoms with van der Waals surface area (Å²) in [5, 5.41) is 2.07. The molecule has 6 heteroatoms. The molecule has 2 aromatic carbocycles. The predicted molar refractivity (Wildman–Crippen MR) is 102 cm³/mol. The van der Waals surface area contributed by atoms with Crippen LogP contribution in [0.4, 0.5) is 5.69 Å². The molecule has 0 aliphatic rings. The molecule has 2 rings (SSSR count). The van der Waals surface area contributed by atoms with Crippen LogP contribution in [0.25, 0.3) is 0 Å². The fourth-order valence-corrected chi connectivity index (χ4v) is 3.35. The molecular weight excluding hydrogens is 358 g/mol. The van der Waals surface area contributed by atoms with Crippen molar-refractivity contribution < 1.29 is 14.3 Å². The first kappa shape index (κ1) is 19.3. The topological polar surface area (TPSA) is 55.4 Å². The molecule has 1 N–H and O–H groups in total. The van der Waals surface area contributed by atoms with Gasteiger partial charge in [0.05, 0.1) is 17.5 Å². The van der Waals surface area contributed by atoms with Crippen LogP contribution in [-0.2, 0) is 9.53 Å². The number of carbonyl (C=O) groups is 2. The SMILES string of the molecule is CCOC(=O)c1ccc(NC(=O)[C@H](Sc2ccccc2)[C@H](C)Cl)cc1. The first-order chi connectivity index (χ1) is 12.0. The lowest BCUT2D eigenvalue weighted by Gasteiger charge is -2.18. The van der Waals surface area contributed by atoms with Crippen LogP contribution in [0.1, 0.15) is 24.2 Å². The van der Waals surface area contributed by atoms with E-state index in [-0.39, 0.29) is 17.3 Å². The fourth-order valence-electron chi connectivity index (χ4n) is 2.12. The number of carbonyl (C=O) groups excluding carboxylic acids is 2. The van der Waals surface area contributed by atoms with Gasteiger partial charge in [0.2, 0.25) is 5.91 Å². The van der Waals surface area contributed by atoms with Crippen LogP contribution in [0.2, 0.25) is 0 Å². The highest BCUT2D eigenvalue weighted by molar-refractivity contribution is 8.00. The third kappa shape index (κ3) is 5.80. The smallest absolute Gasteiger partial charge is 0.338 e. The highest BCUT2D eigenvalue weighted by Gasteiger charge is 2.25. The number of rotatable bonds is 7. The minimum atomic E-state index is -0.436. The Hall–Kier alpha value is -1.98. The Bertz CT molecular complexity index is 704. The Morgan fingerprint density at radius 2 is 1.76 bits per heavy atom. The zero-order valence-electron chi connectivity index (χ0n) is 14.1. The summed E-state index contributed by atoms with van der Waals surface area (Å²) in [6.07, 6.45) is 0. The molecule has 0 aromatic heterocycles. The third-order valence-corrected chi connectivity index (χ3v) is 5.17. The minimum absolute atomic E-state index is 0.180. The Balaban J connectivity index is 2.04. The second-order valence-corrected chi connectivity index (χ2v) is 7.22. The molecule has 0 saturated carbocycles. The van der Waals surface area contributed by atoms with Gasteiger partial charge in [-0.2, -0.15) is 0 Å². The Morgan fingerprint density at radius 1 is 1.12 bits per heavy atom. The van der Waals surface area contributed by atoms with Gasteiger partial charge in [0.15, 0.2) is 0 Å². The monoisotopic (exact) mass is 377 g/mol. The molecule has 0 aliphatic heterocycles. The van der Waals surface area contributed by atoms with E-state index < -0.39 is 5.25 Å². The average molecular weight is 378 g/mol. The number of alkyl halides is 1. The molecule has 0 unspecified atom stereocenters. The molecule has 0 radical (unpaired) electrons. The zero-order valence-corrected chi connectivity index (χ0v) is 15.6. The number of anilines is 1. The summed E-state index contributed by atoms with van der Waals surface area (Å²) in [6.45, 7) is 3.87. The van der Waals surface area contributed by atoms with E-state index in [1.165, 1.54) is 11.8 Å². The molecule has 0 spiro atoms. The van der Waals surface area contributed by atoms with Crippen molar-refractivity contribution in [2.75, 3.05) is 11.9 Å². The van der Waals surface area contributed by atoms with E-state index in [1.807, 2.05) is 30.3 Å². The van der Waals surface area contributed by atoms with E-state index in [0.717, 1.165) is 4.90 Å². The van der Waals surface area contributed by atoms with E-state index in [9.17, 15) is 9.59 Å². The van der Waals surface area contributed by atoms with Crippen LogP contribution >= 0.6 is 23.4 Å². The normalized spacial score (nSPS) is 12.9. The van der Waals surface area contributed by atoms with Crippen molar-refractivity contribution in [3.05, 3.63) is 60.2 Å². The highest BCUT2D eigenvalue weighted by Crippen LogP contribution is 2.28. The van der Waals surface area contributed by atoms with Gasteiger partial charge in [0.1, 0.15) is 5.25 Å². The van der Waals surface area contributed by atoms with E-state index >= 15 is 0 Å². The van der Waals surface area contributed by atoms with Crippen molar-refractivity contribution in [1.29, 1.82) is 0 Å². The summed E-state index contributed by atoms with van der Waals surface area (Å²) in [5.41, 5.74) is 1.05. The maximum absolute atomic E-state index is 12.6. The van der Waals surface area contributed by atoms with Gasteiger partial charge in [-0.05, 0) is 50.2 Å². The van der Waals surface area contributed by atoms with Gasteiger partial charge >= 0.3 is 5.97 Å². The molecule has 0 fully saturated rings. The van der Waals surface area contributed by atoms with Gasteiger partial charge in [-0.25, -0.2) is 4.79 Å². The number of esters is 1. The molecule has 0 saturated heterocycles. The minimum Gasteiger partial charge on any atom is -0.462 e. The van der Waals surface area contributed by atoms with Crippen LogP contribution in [0.15, 0.2) is 59.5 Å². The molecule has 0 bridgehead atoms. The van der Waals surface area contributed by atoms with Crippen molar-refractivity contribution >= 4 is 40.9 Å². The van der Waals surface area contributed by atoms with Crippen molar-refractivity contribution in [1.82, 2.24) is 0 Å². The molecular formula is C19H20ClNO3S. The Morgan fingerprint density at radius 3 is 2.32 bits per heavy atom. The van der Waals surface area contributed by atoms with Crippen LogP contribution in [0.5, 0.6) is 0 Å². The Labute approximate surface area is 156 Å². The molecule has 0 aliphatic carbocycles. The van der Waals surface area contributed by atoms with Gasteiger partial charge in [-0.15, -0.1) is 23.4 Å². The first-order valence-corrected chi connectivity index (χ1v) is 9.26. The molecule has 132 valence electrons. The highest BCUT2D eigenvalue weighted by atomic mass is 35.5. The number of halogens is 1. The number of amides is 1. The van der Waals surface area contributed by atoms with Gasteiger partial charge < -0.3 is 10.1 Å². The lowest BCUT2D eigenvalue weighted by Crippen LogP contribution is -2.31. The maximum atomic E-state index is 12.6. The predicted octanol–water partition coefficient (Wildman–Crippen LogP) is 4.59. The standard InChI is InChI=1S/C19H20ClNO3S/c1-3-24-19(23)14-9-11-15(12-10-14)21-18(22)17(13(2)20)25-16-7-5-4-6-8-16/h4-13,17H,3H2,1-2H3,(H,21,22)/t13-,17+/m0/s1. The van der Waals surface area contributed by atoms with Crippen LogP contribution in [0, 0.1) is 0 Å². The lowest BCUT2D eigenvalue weighted by molar-refractivity contribution is -0.115. The van der Waals surface area contributed by atoms with Crippen LogP contribution < -0.4 is 5.32 Å². The summed E-state index contributed by atoms with van der Waals surface area (Å²) in [7, 11) is 0. The van der Waals surface area contributed by atoms with Crippen LogP contribution in [0.3, 0.4) is 0 Å². The molecule has 2 atom stereocenters. The summed E-state index contributed by atoms with van der Waals surface area (Å²) < 4.78 is 4.94. The lowest BCUT2D eigenvalue weighted by atomic mass is 10.2. The largest absolute Gasteiger partial charge is 0.462 e. The zero-order chi connectivity index (χ0) is 18.2. The summed E-state index contributed by atoms with van der Waals surface area (Å²) in [6, 6.07) is 16.2. The van der Waals surface area contributed by atoms with Gasteiger partial charge in [-0.1, -0.05) is 18.2 Å². The number of hydrogen-bond donors (Lipinski definition) is 1. The first-order valence-electron chi connectivity index (χ1n) is 7.95. The third-order valence-electron chi connectivity index (χ3n) is 3.35. The summed E-state index contributed by atoms with van der Waals surface area (Å²) in [4.78, 5) is 25.2. The van der Waals surface area contributed by atoms with Crippen molar-refractivity contribution in [2.45, 2.75) is 29.4 Å². The van der Waals surface area contributed by atoms with E-state index in [4.69, 9.17) is 16.3 Å². The number of thioether (sulfide) groups is 1. The fraction of sp³-hybridized carbons (Fsp3) is 0.263. The van der Waals surface area contributed by atoms with Crippen molar-refractivity contribution in [3.63, 3.8) is 0 Å². The van der Waals surface area contributed by atoms with E-state index in [0.29, 0.717) is 17.9 Å². The summed E-state index contributed by atoms with van der Waals surface area (Å²) in [5.74, 6) is -0.562. The number of benzene rings is 2. The van der Waals surface area contributed by atoms with E-state index in [1.54, 1.807) is 38.1 Å². The van der Waals surface area contributed by atoms with Gasteiger partial charge in [0, 0.05) is 10.6 Å². The maximum Gasteiger partial charge on any atom is 0.338 e. The van der Waals surface area contributed by atoms with E-state index in [2.05, 4.69) is 5.32 Å². The number of ether oxygens (including phenoxy) is 1. The molecule has 4 nitrogen and oxygen atoms in total. The molecule has 25 heavy (non-hydrogen) atoms. The van der Waals surface area contributed by atoms with Gasteiger partial charge in [0.25, 0.3) is 0 Å². The summed E-state index contributed by atoms with van der Waals surface area (Å²) >= 11 is 7.63. The van der Waals surface area contributed by atoms with Gasteiger partial charge in [-0.3, -0.25) is 4.79 Å². The van der Waals surface area contributed by atoms with Crippen molar-refractivity contribution in [3.8, 4) is 0 Å². The van der Waals surface area contributed by atoms with Crippen LogP contribution in [-0.4, -0.2) is 29.1 Å². The molecule has 2 aromatic rings.